The molecule has 0 amide bonds. The lowest BCUT2D eigenvalue weighted by atomic mass is 9.89. The van der Waals surface area contributed by atoms with Crippen molar-refractivity contribution in [3.63, 3.8) is 0 Å². The van der Waals surface area contributed by atoms with Crippen molar-refractivity contribution in [1.82, 2.24) is 5.32 Å². The maximum absolute atomic E-state index is 6.08. The number of methoxy groups -OCH3 is 1. The summed E-state index contributed by atoms with van der Waals surface area (Å²) < 4.78 is 5.31. The predicted molar refractivity (Wildman–Crippen MR) is 76.6 cm³/mol. The fraction of sp³-hybridized carbons (Fsp3) is 0.600. The van der Waals surface area contributed by atoms with E-state index in [2.05, 4.69) is 31.3 Å². The lowest BCUT2D eigenvalue weighted by Gasteiger charge is -2.22. The SMILES string of the molecule is CCNC1CCC(c2ccc(Cl)c(OC)c2)C1C. The van der Waals surface area contributed by atoms with Crippen LogP contribution in [0.25, 0.3) is 0 Å². The van der Waals surface area contributed by atoms with Gasteiger partial charge in [0, 0.05) is 6.04 Å². The molecule has 0 radical (unpaired) electrons. The zero-order valence-corrected chi connectivity index (χ0v) is 12.1. The molecule has 0 heterocycles. The van der Waals surface area contributed by atoms with Gasteiger partial charge in [-0.05, 0) is 48.9 Å². The molecular formula is C15H22ClNO. The van der Waals surface area contributed by atoms with Crippen LogP contribution in [0.4, 0.5) is 0 Å². The summed E-state index contributed by atoms with van der Waals surface area (Å²) in [5, 5.41) is 4.27. The fourth-order valence-corrected chi connectivity index (χ4v) is 3.29. The average molecular weight is 268 g/mol. The van der Waals surface area contributed by atoms with E-state index in [9.17, 15) is 0 Å². The molecule has 3 atom stereocenters. The summed E-state index contributed by atoms with van der Waals surface area (Å²) in [5.41, 5.74) is 1.35. The highest BCUT2D eigenvalue weighted by Gasteiger charge is 2.33. The summed E-state index contributed by atoms with van der Waals surface area (Å²) in [6.45, 7) is 5.56. The van der Waals surface area contributed by atoms with Crippen LogP contribution < -0.4 is 10.1 Å². The lowest BCUT2D eigenvalue weighted by molar-refractivity contribution is 0.404. The summed E-state index contributed by atoms with van der Waals surface area (Å²) in [6.07, 6.45) is 2.49. The van der Waals surface area contributed by atoms with Crippen LogP contribution in [0.15, 0.2) is 18.2 Å². The number of halogens is 1. The van der Waals surface area contributed by atoms with Gasteiger partial charge in [-0.2, -0.15) is 0 Å². The quantitative estimate of drug-likeness (QED) is 0.895. The second kappa shape index (κ2) is 5.94. The molecule has 0 aliphatic heterocycles. The first-order valence-corrected chi connectivity index (χ1v) is 7.12. The van der Waals surface area contributed by atoms with Crippen molar-refractivity contribution in [2.45, 2.75) is 38.6 Å². The fourth-order valence-electron chi connectivity index (χ4n) is 3.09. The molecule has 1 aromatic carbocycles. The highest BCUT2D eigenvalue weighted by Crippen LogP contribution is 2.41. The molecule has 3 heteroatoms. The van der Waals surface area contributed by atoms with Gasteiger partial charge >= 0.3 is 0 Å². The number of hydrogen-bond donors (Lipinski definition) is 1. The van der Waals surface area contributed by atoms with Crippen molar-refractivity contribution >= 4 is 11.6 Å². The van der Waals surface area contributed by atoms with Crippen LogP contribution in [-0.4, -0.2) is 19.7 Å². The molecule has 0 saturated heterocycles. The molecule has 0 aromatic heterocycles. The molecule has 2 nitrogen and oxygen atoms in total. The van der Waals surface area contributed by atoms with Crippen molar-refractivity contribution in [2.75, 3.05) is 13.7 Å². The zero-order chi connectivity index (χ0) is 13.1. The van der Waals surface area contributed by atoms with Gasteiger partial charge < -0.3 is 10.1 Å². The standard InChI is InChI=1S/C15H22ClNO/c1-4-17-14-8-6-12(10(14)2)11-5-7-13(16)15(9-11)18-3/h5,7,9-10,12,14,17H,4,6,8H2,1-3H3. The molecule has 18 heavy (non-hydrogen) atoms. The summed E-state index contributed by atoms with van der Waals surface area (Å²) in [6, 6.07) is 6.82. The molecule has 1 aromatic rings. The van der Waals surface area contributed by atoms with Crippen molar-refractivity contribution in [2.24, 2.45) is 5.92 Å². The van der Waals surface area contributed by atoms with Crippen LogP contribution in [0.5, 0.6) is 5.75 Å². The average Bonchev–Trinajstić information content (AvgIpc) is 2.73. The Balaban J connectivity index is 2.17. The van der Waals surface area contributed by atoms with Crippen LogP contribution in [-0.2, 0) is 0 Å². The third kappa shape index (κ3) is 2.65. The van der Waals surface area contributed by atoms with Crippen molar-refractivity contribution < 1.29 is 4.74 Å². The third-order valence-electron chi connectivity index (χ3n) is 4.13. The maximum Gasteiger partial charge on any atom is 0.137 e. The number of ether oxygens (including phenoxy) is 1. The first kappa shape index (κ1) is 13.7. The Hall–Kier alpha value is -0.730. The van der Waals surface area contributed by atoms with Gasteiger partial charge in [-0.3, -0.25) is 0 Å². The van der Waals surface area contributed by atoms with Gasteiger partial charge in [0.2, 0.25) is 0 Å². The van der Waals surface area contributed by atoms with Crippen molar-refractivity contribution in [1.29, 1.82) is 0 Å². The third-order valence-corrected chi connectivity index (χ3v) is 4.44. The van der Waals surface area contributed by atoms with E-state index in [1.54, 1.807) is 7.11 Å². The molecule has 1 saturated carbocycles. The van der Waals surface area contributed by atoms with Gasteiger partial charge in [-0.15, -0.1) is 0 Å². The lowest BCUT2D eigenvalue weighted by Crippen LogP contribution is -2.32. The van der Waals surface area contributed by atoms with E-state index in [0.717, 1.165) is 12.3 Å². The Bertz CT molecular complexity index is 407. The first-order chi connectivity index (χ1) is 8.67. The van der Waals surface area contributed by atoms with E-state index in [-0.39, 0.29) is 0 Å². The Labute approximate surface area is 115 Å². The molecule has 2 rings (SSSR count). The van der Waals surface area contributed by atoms with E-state index in [1.807, 2.05) is 6.07 Å². The number of rotatable bonds is 4. The molecular weight excluding hydrogens is 246 g/mol. The van der Waals surface area contributed by atoms with Crippen LogP contribution in [0.1, 0.15) is 38.2 Å². The van der Waals surface area contributed by atoms with Gasteiger partial charge in [0.05, 0.1) is 12.1 Å². The smallest absolute Gasteiger partial charge is 0.137 e. The molecule has 100 valence electrons. The van der Waals surface area contributed by atoms with Gasteiger partial charge in [-0.1, -0.05) is 31.5 Å². The molecule has 1 aliphatic carbocycles. The highest BCUT2D eigenvalue weighted by molar-refractivity contribution is 6.32. The van der Waals surface area contributed by atoms with Crippen LogP contribution in [0.3, 0.4) is 0 Å². The molecule has 3 unspecified atom stereocenters. The monoisotopic (exact) mass is 267 g/mol. The van der Waals surface area contributed by atoms with Crippen molar-refractivity contribution in [3.05, 3.63) is 28.8 Å². The largest absolute Gasteiger partial charge is 0.495 e. The van der Waals surface area contributed by atoms with Crippen LogP contribution in [0.2, 0.25) is 5.02 Å². The maximum atomic E-state index is 6.08. The Morgan fingerprint density at radius 3 is 2.83 bits per heavy atom. The summed E-state index contributed by atoms with van der Waals surface area (Å²) >= 11 is 6.08. The summed E-state index contributed by atoms with van der Waals surface area (Å²) in [4.78, 5) is 0. The zero-order valence-electron chi connectivity index (χ0n) is 11.4. The minimum absolute atomic E-state index is 0.611. The summed E-state index contributed by atoms with van der Waals surface area (Å²) in [7, 11) is 1.67. The van der Waals surface area contributed by atoms with E-state index < -0.39 is 0 Å². The second-order valence-corrected chi connectivity index (χ2v) is 5.51. The normalized spacial score (nSPS) is 27.4. The summed E-state index contributed by atoms with van der Waals surface area (Å²) in [5.74, 6) is 2.06. The Morgan fingerprint density at radius 2 is 2.17 bits per heavy atom. The second-order valence-electron chi connectivity index (χ2n) is 5.10. The Kier molecular flexibility index (Phi) is 4.52. The van der Waals surface area contributed by atoms with E-state index in [4.69, 9.17) is 16.3 Å². The van der Waals surface area contributed by atoms with Crippen LogP contribution in [0, 0.1) is 5.92 Å². The van der Waals surface area contributed by atoms with Gasteiger partial charge in [-0.25, -0.2) is 0 Å². The number of nitrogens with one attached hydrogen (secondary N) is 1. The number of benzene rings is 1. The minimum Gasteiger partial charge on any atom is -0.495 e. The Morgan fingerprint density at radius 1 is 1.39 bits per heavy atom. The predicted octanol–water partition coefficient (Wildman–Crippen LogP) is 3.84. The first-order valence-electron chi connectivity index (χ1n) is 6.74. The topological polar surface area (TPSA) is 21.3 Å². The van der Waals surface area contributed by atoms with E-state index >= 15 is 0 Å². The minimum atomic E-state index is 0.611. The molecule has 0 spiro atoms. The van der Waals surface area contributed by atoms with Gasteiger partial charge in [0.1, 0.15) is 5.75 Å². The number of hydrogen-bond acceptors (Lipinski definition) is 2. The van der Waals surface area contributed by atoms with Crippen molar-refractivity contribution in [3.8, 4) is 5.75 Å². The van der Waals surface area contributed by atoms with E-state index in [1.165, 1.54) is 18.4 Å². The highest BCUT2D eigenvalue weighted by atomic mass is 35.5. The molecule has 1 N–H and O–H groups in total. The molecule has 1 aliphatic rings. The van der Waals surface area contributed by atoms with Crippen LogP contribution >= 0.6 is 11.6 Å². The molecule has 0 bridgehead atoms. The van der Waals surface area contributed by atoms with E-state index in [0.29, 0.717) is 22.9 Å². The molecule has 1 fully saturated rings. The van der Waals surface area contributed by atoms with Gasteiger partial charge in [0.15, 0.2) is 0 Å². The van der Waals surface area contributed by atoms with Gasteiger partial charge in [0.25, 0.3) is 0 Å².